The van der Waals surface area contributed by atoms with Crippen LogP contribution in [0, 0.1) is 0 Å². The average Bonchev–Trinajstić information content (AvgIpc) is 2.82. The van der Waals surface area contributed by atoms with Gasteiger partial charge in [-0.15, -0.1) is 0 Å². The number of esters is 3. The Morgan fingerprint density at radius 2 is 1.57 bits per heavy atom. The Kier molecular flexibility index (Phi) is 3.60. The first-order valence-corrected chi connectivity index (χ1v) is 6.41. The minimum atomic E-state index is -0.773. The van der Waals surface area contributed by atoms with Crippen molar-refractivity contribution in [2.75, 3.05) is 0 Å². The molecule has 0 bridgehead atoms. The SMILES string of the molecule is O=COC(=O)c1ccc(Oc2ccc3c(c2)C(=O)OC3=O)cc1. The zero-order valence-electron chi connectivity index (χ0n) is 11.5. The molecular weight excluding hydrogens is 304 g/mol. The van der Waals surface area contributed by atoms with Crippen LogP contribution in [0.2, 0.25) is 0 Å². The second kappa shape index (κ2) is 5.72. The van der Waals surface area contributed by atoms with Gasteiger partial charge in [-0.25, -0.2) is 14.4 Å². The van der Waals surface area contributed by atoms with Crippen LogP contribution in [-0.4, -0.2) is 24.4 Å². The standard InChI is InChI=1S/C16H8O7/c17-8-21-14(18)9-1-3-10(4-2-9)22-11-5-6-12-13(7-11)16(20)23-15(12)19/h1-8H. The van der Waals surface area contributed by atoms with Gasteiger partial charge >= 0.3 is 24.4 Å². The third kappa shape index (κ3) is 2.80. The van der Waals surface area contributed by atoms with Gasteiger partial charge in [0, 0.05) is 0 Å². The van der Waals surface area contributed by atoms with E-state index in [1.807, 2.05) is 0 Å². The predicted molar refractivity (Wildman–Crippen MR) is 74.2 cm³/mol. The van der Waals surface area contributed by atoms with Crippen LogP contribution in [0.4, 0.5) is 0 Å². The van der Waals surface area contributed by atoms with Crippen LogP contribution in [0.25, 0.3) is 0 Å². The van der Waals surface area contributed by atoms with Crippen LogP contribution in [0.3, 0.4) is 0 Å². The lowest BCUT2D eigenvalue weighted by molar-refractivity contribution is -0.123. The molecule has 23 heavy (non-hydrogen) atoms. The van der Waals surface area contributed by atoms with Crippen molar-refractivity contribution in [2.45, 2.75) is 0 Å². The van der Waals surface area contributed by atoms with Gasteiger partial charge < -0.3 is 14.2 Å². The first-order valence-electron chi connectivity index (χ1n) is 6.41. The van der Waals surface area contributed by atoms with Gasteiger partial charge in [-0.2, -0.15) is 0 Å². The molecule has 2 aromatic carbocycles. The Morgan fingerprint density at radius 3 is 2.26 bits per heavy atom. The molecule has 114 valence electrons. The first kappa shape index (κ1) is 14.5. The summed E-state index contributed by atoms with van der Waals surface area (Å²) >= 11 is 0. The van der Waals surface area contributed by atoms with Gasteiger partial charge in [-0.1, -0.05) is 0 Å². The molecule has 0 N–H and O–H groups in total. The monoisotopic (exact) mass is 312 g/mol. The Morgan fingerprint density at radius 1 is 0.913 bits per heavy atom. The summed E-state index contributed by atoms with van der Waals surface area (Å²) in [6.45, 7) is 0.0532. The maximum Gasteiger partial charge on any atom is 0.347 e. The fraction of sp³-hybridized carbons (Fsp3) is 0. The number of carbonyl (C=O) groups excluding carboxylic acids is 4. The van der Waals surface area contributed by atoms with E-state index in [4.69, 9.17) is 4.74 Å². The highest BCUT2D eigenvalue weighted by Gasteiger charge is 2.29. The fourth-order valence-corrected chi connectivity index (χ4v) is 2.03. The molecule has 0 aromatic heterocycles. The van der Waals surface area contributed by atoms with Crippen molar-refractivity contribution < 1.29 is 33.4 Å². The number of fused-ring (bicyclic) bond motifs is 1. The minimum Gasteiger partial charge on any atom is -0.457 e. The smallest absolute Gasteiger partial charge is 0.347 e. The third-order valence-corrected chi connectivity index (χ3v) is 3.10. The molecule has 7 nitrogen and oxygen atoms in total. The number of benzene rings is 2. The van der Waals surface area contributed by atoms with Crippen molar-refractivity contribution >= 4 is 24.4 Å². The summed E-state index contributed by atoms with van der Waals surface area (Å²) in [5, 5.41) is 0. The number of hydrogen-bond acceptors (Lipinski definition) is 7. The maximum atomic E-state index is 11.5. The molecule has 0 aliphatic carbocycles. The summed E-state index contributed by atoms with van der Waals surface area (Å²) in [7, 11) is 0. The molecule has 0 unspecified atom stereocenters. The molecule has 0 saturated heterocycles. The van der Waals surface area contributed by atoms with E-state index >= 15 is 0 Å². The van der Waals surface area contributed by atoms with Gasteiger partial charge in [0.2, 0.25) is 0 Å². The molecule has 1 aliphatic heterocycles. The number of ether oxygens (including phenoxy) is 3. The maximum absolute atomic E-state index is 11.5. The predicted octanol–water partition coefficient (Wildman–Crippen LogP) is 2.10. The summed E-state index contributed by atoms with van der Waals surface area (Å²) < 4.78 is 14.2. The highest BCUT2D eigenvalue weighted by Crippen LogP contribution is 2.28. The van der Waals surface area contributed by atoms with Crippen molar-refractivity contribution in [3.63, 3.8) is 0 Å². The van der Waals surface area contributed by atoms with Gasteiger partial charge in [-0.05, 0) is 42.5 Å². The first-order chi connectivity index (χ1) is 11.1. The lowest BCUT2D eigenvalue weighted by Crippen LogP contribution is -2.02. The van der Waals surface area contributed by atoms with Crippen LogP contribution in [0.5, 0.6) is 11.5 Å². The molecule has 0 spiro atoms. The Balaban J connectivity index is 1.79. The van der Waals surface area contributed by atoms with Crippen LogP contribution in [0.1, 0.15) is 31.1 Å². The molecule has 0 radical (unpaired) electrons. The fourth-order valence-electron chi connectivity index (χ4n) is 2.03. The van der Waals surface area contributed by atoms with Gasteiger partial charge in [0.05, 0.1) is 16.7 Å². The van der Waals surface area contributed by atoms with Gasteiger partial charge in [0.25, 0.3) is 0 Å². The molecule has 7 heteroatoms. The second-order valence-electron chi connectivity index (χ2n) is 4.51. The number of rotatable bonds is 4. The van der Waals surface area contributed by atoms with Crippen molar-refractivity contribution in [2.24, 2.45) is 0 Å². The van der Waals surface area contributed by atoms with E-state index in [0.717, 1.165) is 0 Å². The lowest BCUT2D eigenvalue weighted by atomic mass is 10.1. The second-order valence-corrected chi connectivity index (χ2v) is 4.51. The van der Waals surface area contributed by atoms with Gasteiger partial charge in [0.1, 0.15) is 11.5 Å². The topological polar surface area (TPSA) is 96.0 Å². The van der Waals surface area contributed by atoms with Crippen molar-refractivity contribution in [1.29, 1.82) is 0 Å². The number of hydrogen-bond donors (Lipinski definition) is 0. The zero-order valence-corrected chi connectivity index (χ0v) is 11.5. The highest BCUT2D eigenvalue weighted by atomic mass is 16.6. The van der Waals surface area contributed by atoms with Crippen LogP contribution >= 0.6 is 0 Å². The molecule has 1 heterocycles. The summed E-state index contributed by atoms with van der Waals surface area (Å²) in [5.74, 6) is -1.45. The van der Waals surface area contributed by atoms with Crippen molar-refractivity contribution in [1.82, 2.24) is 0 Å². The van der Waals surface area contributed by atoms with Gasteiger partial charge in [-0.3, -0.25) is 4.79 Å². The van der Waals surface area contributed by atoms with E-state index < -0.39 is 17.9 Å². The zero-order chi connectivity index (χ0) is 16.4. The van der Waals surface area contributed by atoms with Crippen molar-refractivity contribution in [3.8, 4) is 11.5 Å². The normalized spacial score (nSPS) is 12.3. The van der Waals surface area contributed by atoms with E-state index in [9.17, 15) is 19.2 Å². The molecule has 0 amide bonds. The van der Waals surface area contributed by atoms with E-state index in [0.29, 0.717) is 11.5 Å². The molecular formula is C16H8O7. The molecule has 0 saturated carbocycles. The van der Waals surface area contributed by atoms with Crippen molar-refractivity contribution in [3.05, 3.63) is 59.2 Å². The summed E-state index contributed by atoms with van der Waals surface area (Å²) in [6.07, 6.45) is 0. The summed E-state index contributed by atoms with van der Waals surface area (Å²) in [6, 6.07) is 10.2. The lowest BCUT2D eigenvalue weighted by Gasteiger charge is -2.06. The third-order valence-electron chi connectivity index (χ3n) is 3.10. The van der Waals surface area contributed by atoms with Crippen LogP contribution in [-0.2, 0) is 14.3 Å². The number of cyclic esters (lactones) is 2. The molecule has 0 atom stereocenters. The van der Waals surface area contributed by atoms with Crippen LogP contribution in [0.15, 0.2) is 42.5 Å². The van der Waals surface area contributed by atoms with E-state index in [1.54, 1.807) is 0 Å². The van der Waals surface area contributed by atoms with E-state index in [1.165, 1.54) is 42.5 Å². The Hall–Kier alpha value is -3.48. The number of carbonyl (C=O) groups is 4. The van der Waals surface area contributed by atoms with Gasteiger partial charge in [0.15, 0.2) is 0 Å². The minimum absolute atomic E-state index is 0.0532. The summed E-state index contributed by atoms with van der Waals surface area (Å²) in [5.41, 5.74) is 0.514. The van der Waals surface area contributed by atoms with Crippen LogP contribution < -0.4 is 4.74 Å². The molecule has 1 aliphatic rings. The Bertz CT molecular complexity index is 821. The van der Waals surface area contributed by atoms with E-state index in [2.05, 4.69) is 9.47 Å². The molecule has 2 aromatic rings. The summed E-state index contributed by atoms with van der Waals surface area (Å²) in [4.78, 5) is 44.3. The quantitative estimate of drug-likeness (QED) is 0.484. The largest absolute Gasteiger partial charge is 0.457 e. The molecule has 0 fully saturated rings. The average molecular weight is 312 g/mol. The van der Waals surface area contributed by atoms with E-state index in [-0.39, 0.29) is 23.2 Å². The molecule has 3 rings (SSSR count). The Labute approximate surface area is 129 Å². The highest BCUT2D eigenvalue weighted by molar-refractivity contribution is 6.14.